The van der Waals surface area contributed by atoms with Gasteiger partial charge in [0.05, 0.1) is 23.9 Å². The molecule has 0 spiro atoms. The Labute approximate surface area is 140 Å². The summed E-state index contributed by atoms with van der Waals surface area (Å²) in [4.78, 5) is 35.4. The van der Waals surface area contributed by atoms with Crippen LogP contribution in [0, 0.1) is 5.21 Å². The van der Waals surface area contributed by atoms with E-state index in [0.29, 0.717) is 0 Å². The Morgan fingerprint density at radius 1 is 1.16 bits per heavy atom. The van der Waals surface area contributed by atoms with Crippen LogP contribution in [0.15, 0.2) is 36.4 Å². The topological polar surface area (TPSA) is 129 Å². The number of esters is 2. The first-order valence-electron chi connectivity index (χ1n) is 7.04. The highest BCUT2D eigenvalue weighted by atomic mass is 16.8. The highest BCUT2D eigenvalue weighted by Gasteiger charge is 2.30. The molecule has 1 heterocycles. The molecular weight excluding hydrogens is 332 g/mol. The van der Waals surface area contributed by atoms with Gasteiger partial charge in [-0.25, -0.2) is 14.8 Å². The molecule has 3 N–H and O–H groups in total. The first kappa shape index (κ1) is 16.6. The van der Waals surface area contributed by atoms with Crippen molar-refractivity contribution in [2.75, 3.05) is 12.4 Å². The third-order valence-electron chi connectivity index (χ3n) is 3.60. The van der Waals surface area contributed by atoms with E-state index in [9.17, 15) is 19.6 Å². The molecular formula is C16H12N2O7. The maximum atomic E-state index is 12.4. The number of methoxy groups -OCH3 is 1. The Hall–Kier alpha value is -3.27. The molecule has 9 heteroatoms. The fourth-order valence-electron chi connectivity index (χ4n) is 2.36. The summed E-state index contributed by atoms with van der Waals surface area (Å²) in [5, 5.41) is 21.5. The number of nitrogens with one attached hydrogen (secondary N) is 2. The zero-order valence-corrected chi connectivity index (χ0v) is 12.9. The Bertz CT molecular complexity index is 892. The SMILES string of the molecule is COc1ccc([NH+]([O-])O)cc1NC(=O)c1ccc2c(c1)C(=O)OC2=O. The average molecular weight is 344 g/mol. The van der Waals surface area contributed by atoms with Crippen LogP contribution < -0.4 is 15.3 Å². The Morgan fingerprint density at radius 3 is 2.56 bits per heavy atom. The molecule has 0 bridgehead atoms. The van der Waals surface area contributed by atoms with Gasteiger partial charge in [-0.1, -0.05) is 0 Å². The molecule has 2 aromatic rings. The van der Waals surface area contributed by atoms with E-state index in [0.717, 1.165) is 0 Å². The number of amides is 1. The van der Waals surface area contributed by atoms with Gasteiger partial charge in [0, 0.05) is 17.7 Å². The smallest absolute Gasteiger partial charge is 0.346 e. The molecule has 9 nitrogen and oxygen atoms in total. The van der Waals surface area contributed by atoms with Crippen LogP contribution in [0.4, 0.5) is 11.4 Å². The van der Waals surface area contributed by atoms with Crippen molar-refractivity contribution in [3.63, 3.8) is 0 Å². The number of ether oxygens (including phenoxy) is 2. The Morgan fingerprint density at radius 2 is 1.88 bits per heavy atom. The van der Waals surface area contributed by atoms with Gasteiger partial charge >= 0.3 is 11.9 Å². The Kier molecular flexibility index (Phi) is 4.19. The summed E-state index contributed by atoms with van der Waals surface area (Å²) in [7, 11) is 1.38. The van der Waals surface area contributed by atoms with E-state index in [2.05, 4.69) is 10.1 Å². The van der Waals surface area contributed by atoms with Crippen molar-refractivity contribution < 1.29 is 34.3 Å². The van der Waals surface area contributed by atoms with Gasteiger partial charge in [0.2, 0.25) is 0 Å². The molecule has 1 unspecified atom stereocenters. The molecule has 0 aromatic heterocycles. The van der Waals surface area contributed by atoms with Crippen LogP contribution >= 0.6 is 0 Å². The van der Waals surface area contributed by atoms with E-state index in [1.807, 2.05) is 0 Å². The molecule has 0 radical (unpaired) electrons. The number of fused-ring (bicyclic) bond motifs is 1. The number of carbonyl (C=O) groups excluding carboxylic acids is 3. The van der Waals surface area contributed by atoms with E-state index in [1.54, 1.807) is 0 Å². The van der Waals surface area contributed by atoms with Crippen LogP contribution in [0.5, 0.6) is 5.75 Å². The summed E-state index contributed by atoms with van der Waals surface area (Å²) in [5.74, 6) is -1.91. The number of quaternary nitrogens is 1. The molecule has 0 aliphatic carbocycles. The zero-order valence-electron chi connectivity index (χ0n) is 12.9. The third kappa shape index (κ3) is 3.06. The molecule has 0 saturated carbocycles. The highest BCUT2D eigenvalue weighted by molar-refractivity contribution is 6.16. The van der Waals surface area contributed by atoms with E-state index in [1.165, 1.54) is 43.5 Å². The van der Waals surface area contributed by atoms with Crippen molar-refractivity contribution in [3.05, 3.63) is 58.3 Å². The van der Waals surface area contributed by atoms with Crippen molar-refractivity contribution >= 4 is 29.2 Å². The quantitative estimate of drug-likeness (QED) is 0.422. The lowest BCUT2D eigenvalue weighted by Crippen LogP contribution is -2.99. The third-order valence-corrected chi connectivity index (χ3v) is 3.60. The largest absolute Gasteiger partial charge is 0.595 e. The lowest BCUT2D eigenvalue weighted by atomic mass is 10.1. The predicted octanol–water partition coefficient (Wildman–Crippen LogP) is 0.661. The molecule has 1 aliphatic rings. The average Bonchev–Trinajstić information content (AvgIpc) is 2.88. The molecule has 25 heavy (non-hydrogen) atoms. The van der Waals surface area contributed by atoms with Crippen molar-refractivity contribution in [2.45, 2.75) is 0 Å². The van der Waals surface area contributed by atoms with E-state index >= 15 is 0 Å². The van der Waals surface area contributed by atoms with Crippen LogP contribution in [0.1, 0.15) is 31.1 Å². The summed E-state index contributed by atoms with van der Waals surface area (Å²) in [6.45, 7) is 0. The summed E-state index contributed by atoms with van der Waals surface area (Å²) in [6, 6.07) is 7.94. The minimum Gasteiger partial charge on any atom is -0.595 e. The number of anilines is 1. The fourth-order valence-corrected chi connectivity index (χ4v) is 2.36. The van der Waals surface area contributed by atoms with Crippen LogP contribution in [-0.4, -0.2) is 30.2 Å². The van der Waals surface area contributed by atoms with Crippen molar-refractivity contribution in [1.82, 2.24) is 0 Å². The molecule has 1 amide bonds. The minimum absolute atomic E-state index is 0.00361. The first-order valence-corrected chi connectivity index (χ1v) is 7.04. The lowest BCUT2D eigenvalue weighted by molar-refractivity contribution is -0.991. The molecule has 1 atom stereocenters. The summed E-state index contributed by atoms with van der Waals surface area (Å²) in [5.41, 5.74) is 0.329. The summed E-state index contributed by atoms with van der Waals surface area (Å²) >= 11 is 0. The molecule has 2 aromatic carbocycles. The van der Waals surface area contributed by atoms with Gasteiger partial charge in [-0.15, -0.1) is 0 Å². The second-order valence-corrected chi connectivity index (χ2v) is 5.11. The van der Waals surface area contributed by atoms with Gasteiger partial charge in [-0.2, -0.15) is 5.23 Å². The molecule has 0 saturated heterocycles. The van der Waals surface area contributed by atoms with E-state index in [4.69, 9.17) is 9.94 Å². The first-order chi connectivity index (χ1) is 11.9. The van der Waals surface area contributed by atoms with E-state index in [-0.39, 0.29) is 33.8 Å². The number of carbonyl (C=O) groups is 3. The van der Waals surface area contributed by atoms with Crippen LogP contribution in [0.3, 0.4) is 0 Å². The van der Waals surface area contributed by atoms with Crippen LogP contribution in [0.2, 0.25) is 0 Å². The van der Waals surface area contributed by atoms with Gasteiger partial charge in [0.1, 0.15) is 5.75 Å². The number of hydrogen-bond acceptors (Lipinski definition) is 7. The fraction of sp³-hybridized carbons (Fsp3) is 0.0625. The molecule has 0 fully saturated rings. The molecule has 128 valence electrons. The van der Waals surface area contributed by atoms with Gasteiger partial charge in [0.15, 0.2) is 5.69 Å². The molecule has 3 rings (SSSR count). The second-order valence-electron chi connectivity index (χ2n) is 5.11. The van der Waals surface area contributed by atoms with Crippen molar-refractivity contribution in [3.8, 4) is 5.75 Å². The van der Waals surface area contributed by atoms with Crippen molar-refractivity contribution in [2.24, 2.45) is 0 Å². The monoisotopic (exact) mass is 344 g/mol. The van der Waals surface area contributed by atoms with Crippen LogP contribution in [-0.2, 0) is 4.74 Å². The Balaban J connectivity index is 1.91. The standard InChI is InChI=1S/C16H12N2O7/c1-24-13-5-3-9(18(22)23)7-12(13)17-14(19)8-2-4-10-11(6-8)16(21)25-15(10)20/h2-7,18,22H,1H3,(H,17,19). The normalized spacial score (nSPS) is 13.9. The number of hydrogen-bond donors (Lipinski definition) is 3. The number of rotatable bonds is 4. The number of cyclic esters (lactones) is 2. The minimum atomic E-state index is -1.16. The maximum absolute atomic E-state index is 12.4. The number of benzene rings is 2. The zero-order chi connectivity index (χ0) is 18.1. The van der Waals surface area contributed by atoms with Crippen molar-refractivity contribution in [1.29, 1.82) is 0 Å². The van der Waals surface area contributed by atoms with Gasteiger partial charge in [-0.05, 0) is 24.3 Å². The summed E-state index contributed by atoms with van der Waals surface area (Å²) in [6.07, 6.45) is 0. The van der Waals surface area contributed by atoms with Gasteiger partial charge in [-0.3, -0.25) is 4.79 Å². The highest BCUT2D eigenvalue weighted by Crippen LogP contribution is 2.27. The second kappa shape index (κ2) is 6.32. The summed E-state index contributed by atoms with van der Waals surface area (Å²) < 4.78 is 9.56. The van der Waals surface area contributed by atoms with Gasteiger partial charge < -0.3 is 20.0 Å². The predicted molar refractivity (Wildman–Crippen MR) is 82.9 cm³/mol. The van der Waals surface area contributed by atoms with E-state index < -0.39 is 23.1 Å². The van der Waals surface area contributed by atoms with Crippen LogP contribution in [0.25, 0.3) is 0 Å². The molecule has 1 aliphatic heterocycles. The van der Waals surface area contributed by atoms with Gasteiger partial charge in [0.25, 0.3) is 5.91 Å². The lowest BCUT2D eigenvalue weighted by Gasteiger charge is -2.15. The maximum Gasteiger partial charge on any atom is 0.346 e.